The first kappa shape index (κ1) is 22.0. The van der Waals surface area contributed by atoms with E-state index < -0.39 is 15.9 Å². The zero-order chi connectivity index (χ0) is 22.4. The number of carbonyl (C=O) groups is 1. The van der Waals surface area contributed by atoms with Crippen molar-refractivity contribution in [3.05, 3.63) is 89.5 Å². The second kappa shape index (κ2) is 9.44. The van der Waals surface area contributed by atoms with Crippen molar-refractivity contribution in [1.29, 1.82) is 0 Å². The fourth-order valence-electron chi connectivity index (χ4n) is 2.71. The van der Waals surface area contributed by atoms with Crippen molar-refractivity contribution in [2.75, 3.05) is 23.7 Å². The summed E-state index contributed by atoms with van der Waals surface area (Å²) in [4.78, 5) is 14.4. The summed E-state index contributed by atoms with van der Waals surface area (Å²) < 4.78 is 27.4. The Bertz CT molecular complexity index is 1170. The van der Waals surface area contributed by atoms with Crippen molar-refractivity contribution in [2.24, 2.45) is 5.10 Å². The van der Waals surface area contributed by atoms with Crippen molar-refractivity contribution < 1.29 is 13.2 Å². The van der Waals surface area contributed by atoms with Crippen LogP contribution in [0, 0.1) is 6.92 Å². The Kier molecular flexibility index (Phi) is 6.71. The third-order valence-electron chi connectivity index (χ3n) is 4.52. The second-order valence-corrected chi connectivity index (χ2v) is 8.86. The molecule has 31 heavy (non-hydrogen) atoms. The lowest BCUT2D eigenvalue weighted by atomic mass is 10.2. The summed E-state index contributed by atoms with van der Waals surface area (Å²) in [5.74, 6) is -0.394. The molecule has 0 bridgehead atoms. The molecule has 160 valence electrons. The molecule has 0 aliphatic carbocycles. The van der Waals surface area contributed by atoms with Crippen LogP contribution in [0.4, 0.5) is 11.4 Å². The van der Waals surface area contributed by atoms with E-state index in [1.165, 1.54) is 24.3 Å². The number of hydrazone groups is 1. The molecule has 0 radical (unpaired) electrons. The van der Waals surface area contributed by atoms with Gasteiger partial charge >= 0.3 is 0 Å². The van der Waals surface area contributed by atoms with Crippen molar-refractivity contribution in [2.45, 2.75) is 11.8 Å². The van der Waals surface area contributed by atoms with Crippen LogP contribution in [0.2, 0.25) is 0 Å². The van der Waals surface area contributed by atoms with Gasteiger partial charge in [-0.25, -0.2) is 13.8 Å². The fourth-order valence-corrected chi connectivity index (χ4v) is 3.77. The maximum atomic E-state index is 12.5. The summed E-state index contributed by atoms with van der Waals surface area (Å²) in [6.07, 6.45) is 1.56. The molecule has 0 aliphatic rings. The molecule has 3 rings (SSSR count). The number of hydrogen-bond donors (Lipinski definition) is 2. The summed E-state index contributed by atoms with van der Waals surface area (Å²) in [6, 6.07) is 20.4. The van der Waals surface area contributed by atoms with Crippen LogP contribution in [-0.2, 0) is 10.0 Å². The largest absolute Gasteiger partial charge is 0.378 e. The van der Waals surface area contributed by atoms with Crippen LogP contribution in [0.15, 0.2) is 82.8 Å². The van der Waals surface area contributed by atoms with E-state index in [1.807, 2.05) is 50.2 Å². The number of aryl methyl sites for hydroxylation is 1. The normalized spacial score (nSPS) is 11.3. The molecule has 0 heterocycles. The summed E-state index contributed by atoms with van der Waals surface area (Å²) in [7, 11) is 0.227. The number of hydrogen-bond acceptors (Lipinski definition) is 5. The Labute approximate surface area is 182 Å². The first-order chi connectivity index (χ1) is 14.7. The molecule has 3 aromatic rings. The average Bonchev–Trinajstić information content (AvgIpc) is 2.74. The minimum absolute atomic E-state index is 0.174. The minimum atomic E-state index is -3.69. The molecule has 2 N–H and O–H groups in total. The van der Waals surface area contributed by atoms with Crippen LogP contribution < -0.4 is 15.0 Å². The van der Waals surface area contributed by atoms with Gasteiger partial charge in [0.05, 0.1) is 11.1 Å². The molecule has 0 aliphatic heterocycles. The Morgan fingerprint density at radius 1 is 0.903 bits per heavy atom. The van der Waals surface area contributed by atoms with Gasteiger partial charge in [0.15, 0.2) is 0 Å². The van der Waals surface area contributed by atoms with Gasteiger partial charge < -0.3 is 4.90 Å². The first-order valence-corrected chi connectivity index (χ1v) is 11.0. The van der Waals surface area contributed by atoms with E-state index in [1.54, 1.807) is 30.5 Å². The molecule has 0 saturated heterocycles. The van der Waals surface area contributed by atoms with Gasteiger partial charge in [-0.05, 0) is 61.0 Å². The molecule has 7 nitrogen and oxygen atoms in total. The van der Waals surface area contributed by atoms with Gasteiger partial charge in [-0.15, -0.1) is 0 Å². The lowest BCUT2D eigenvalue weighted by molar-refractivity contribution is 0.0955. The summed E-state index contributed by atoms with van der Waals surface area (Å²) in [5.41, 5.74) is 6.08. The number of amides is 1. The van der Waals surface area contributed by atoms with Gasteiger partial charge in [-0.3, -0.25) is 9.52 Å². The molecule has 1 amide bonds. The van der Waals surface area contributed by atoms with E-state index >= 15 is 0 Å². The monoisotopic (exact) mass is 436 g/mol. The molecule has 8 heteroatoms. The zero-order valence-electron chi connectivity index (χ0n) is 17.5. The lowest BCUT2D eigenvalue weighted by Crippen LogP contribution is -2.18. The highest BCUT2D eigenvalue weighted by Crippen LogP contribution is 2.17. The molecule has 0 unspecified atom stereocenters. The maximum Gasteiger partial charge on any atom is 0.271 e. The molecule has 0 saturated carbocycles. The topological polar surface area (TPSA) is 90.9 Å². The maximum absolute atomic E-state index is 12.5. The lowest BCUT2D eigenvalue weighted by Gasteiger charge is -2.11. The van der Waals surface area contributed by atoms with Crippen LogP contribution in [-0.4, -0.2) is 34.6 Å². The second-order valence-electron chi connectivity index (χ2n) is 7.18. The molecule has 0 aromatic heterocycles. The standard InChI is InChI=1S/C23H24N4O3S/c1-17-4-14-22(15-5-17)31(29,30)26-20-10-8-19(9-11-20)23(28)25-24-16-18-6-12-21(13-7-18)27(2)3/h4-16,26H,1-3H3,(H,25,28). The van der Waals surface area contributed by atoms with E-state index in [-0.39, 0.29) is 4.90 Å². The van der Waals surface area contributed by atoms with Gasteiger partial charge in [-0.1, -0.05) is 29.8 Å². The number of benzene rings is 3. The number of anilines is 2. The highest BCUT2D eigenvalue weighted by atomic mass is 32.2. The van der Waals surface area contributed by atoms with Gasteiger partial charge in [0.25, 0.3) is 15.9 Å². The molecular formula is C23H24N4O3S. The van der Waals surface area contributed by atoms with Crippen LogP contribution in [0.1, 0.15) is 21.5 Å². The van der Waals surface area contributed by atoms with E-state index in [0.717, 1.165) is 16.8 Å². The van der Waals surface area contributed by atoms with E-state index in [0.29, 0.717) is 11.3 Å². The first-order valence-electron chi connectivity index (χ1n) is 9.55. The van der Waals surface area contributed by atoms with Gasteiger partial charge in [0.2, 0.25) is 0 Å². The zero-order valence-corrected chi connectivity index (χ0v) is 18.3. The SMILES string of the molecule is Cc1ccc(S(=O)(=O)Nc2ccc(C(=O)NN=Cc3ccc(N(C)C)cc3)cc2)cc1. The van der Waals surface area contributed by atoms with Crippen molar-refractivity contribution >= 4 is 33.5 Å². The summed E-state index contributed by atoms with van der Waals surface area (Å²) >= 11 is 0. The Morgan fingerprint density at radius 3 is 2.10 bits per heavy atom. The highest BCUT2D eigenvalue weighted by Gasteiger charge is 2.14. The van der Waals surface area contributed by atoms with E-state index in [4.69, 9.17) is 0 Å². The van der Waals surface area contributed by atoms with Crippen LogP contribution >= 0.6 is 0 Å². The summed E-state index contributed by atoms with van der Waals surface area (Å²) in [6.45, 7) is 1.89. The van der Waals surface area contributed by atoms with E-state index in [2.05, 4.69) is 15.2 Å². The third-order valence-corrected chi connectivity index (χ3v) is 5.92. The Morgan fingerprint density at radius 2 is 1.52 bits per heavy atom. The smallest absolute Gasteiger partial charge is 0.271 e. The molecule has 0 atom stereocenters. The summed E-state index contributed by atoms with van der Waals surface area (Å²) in [5, 5.41) is 3.97. The quantitative estimate of drug-likeness (QED) is 0.437. The van der Waals surface area contributed by atoms with Gasteiger partial charge in [-0.2, -0.15) is 5.10 Å². The molecule has 3 aromatic carbocycles. The predicted molar refractivity (Wildman–Crippen MR) is 124 cm³/mol. The molecular weight excluding hydrogens is 412 g/mol. The molecule has 0 fully saturated rings. The van der Waals surface area contributed by atoms with Crippen LogP contribution in [0.25, 0.3) is 0 Å². The number of nitrogens with zero attached hydrogens (tertiary/aromatic N) is 2. The van der Waals surface area contributed by atoms with Crippen LogP contribution in [0.3, 0.4) is 0 Å². The van der Waals surface area contributed by atoms with Crippen molar-refractivity contribution in [1.82, 2.24) is 5.43 Å². The van der Waals surface area contributed by atoms with Crippen molar-refractivity contribution in [3.63, 3.8) is 0 Å². The number of rotatable bonds is 7. The Hall–Kier alpha value is -3.65. The van der Waals surface area contributed by atoms with E-state index in [9.17, 15) is 13.2 Å². The average molecular weight is 437 g/mol. The minimum Gasteiger partial charge on any atom is -0.378 e. The van der Waals surface area contributed by atoms with Crippen molar-refractivity contribution in [3.8, 4) is 0 Å². The number of nitrogens with one attached hydrogen (secondary N) is 2. The van der Waals surface area contributed by atoms with Gasteiger partial charge in [0.1, 0.15) is 0 Å². The highest BCUT2D eigenvalue weighted by molar-refractivity contribution is 7.92. The number of sulfonamides is 1. The van der Waals surface area contributed by atoms with Gasteiger partial charge in [0, 0.05) is 31.0 Å². The molecule has 0 spiro atoms. The third kappa shape index (κ3) is 5.93. The van der Waals surface area contributed by atoms with Crippen LogP contribution in [0.5, 0.6) is 0 Å². The number of carbonyl (C=O) groups excluding carboxylic acids is 1. The Balaban J connectivity index is 1.60. The predicted octanol–water partition coefficient (Wildman–Crippen LogP) is 3.63. The fraction of sp³-hybridized carbons (Fsp3) is 0.130.